The molecule has 0 bridgehead atoms. The van der Waals surface area contributed by atoms with Gasteiger partial charge in [-0.05, 0) is 11.8 Å². The number of allylic oxidation sites excluding steroid dienone is 1. The first-order valence-corrected chi connectivity index (χ1v) is 7.34. The number of esters is 2. The Hall–Kier alpha value is -1.58. The van der Waals surface area contributed by atoms with Crippen LogP contribution in [0.4, 0.5) is 0 Å². The fraction of sp³-hybridized carbons (Fsp3) is 0.647. The van der Waals surface area contributed by atoms with Crippen molar-refractivity contribution >= 4 is 11.9 Å². The first kappa shape index (κ1) is 19.4. The second-order valence-electron chi connectivity index (χ2n) is 5.69. The largest absolute Gasteiger partial charge is 0.469 e. The number of carbonyl (C=O) groups excluding carboxylic acids is 2. The van der Waals surface area contributed by atoms with Gasteiger partial charge in [0.05, 0.1) is 18.9 Å². The van der Waals surface area contributed by atoms with E-state index in [2.05, 4.69) is 13.2 Å². The molecule has 0 fully saturated rings. The molecule has 4 heteroatoms. The fourth-order valence-corrected chi connectivity index (χ4v) is 2.33. The van der Waals surface area contributed by atoms with Crippen LogP contribution in [0.2, 0.25) is 0 Å². The Bertz CT molecular complexity index is 371. The molecule has 0 aromatic rings. The van der Waals surface area contributed by atoms with Crippen LogP contribution < -0.4 is 0 Å². The van der Waals surface area contributed by atoms with Crippen molar-refractivity contribution in [1.82, 2.24) is 0 Å². The molecule has 4 nitrogen and oxygen atoms in total. The number of hydrogen-bond donors (Lipinski definition) is 0. The summed E-state index contributed by atoms with van der Waals surface area (Å²) in [5.74, 6) is -1.93. The van der Waals surface area contributed by atoms with Crippen molar-refractivity contribution in [1.29, 1.82) is 0 Å². The van der Waals surface area contributed by atoms with E-state index in [-0.39, 0.29) is 12.6 Å². The molecule has 0 rings (SSSR count). The molecule has 0 aromatic heterocycles. The zero-order valence-corrected chi connectivity index (χ0v) is 13.7. The lowest BCUT2D eigenvalue weighted by molar-refractivity contribution is -0.162. The van der Waals surface area contributed by atoms with Crippen molar-refractivity contribution in [2.45, 2.75) is 40.0 Å². The number of unbranched alkanes of at least 4 members (excludes halogenated alkanes) is 1. The van der Waals surface area contributed by atoms with Gasteiger partial charge >= 0.3 is 11.9 Å². The third-order valence-electron chi connectivity index (χ3n) is 3.70. The maximum absolute atomic E-state index is 12.3. The number of carbonyl (C=O) groups is 2. The van der Waals surface area contributed by atoms with E-state index in [9.17, 15) is 9.59 Å². The third kappa shape index (κ3) is 5.74. The molecule has 0 heterocycles. The summed E-state index contributed by atoms with van der Waals surface area (Å²) in [5, 5.41) is 0. The van der Waals surface area contributed by atoms with Crippen LogP contribution in [0.25, 0.3) is 0 Å². The quantitative estimate of drug-likeness (QED) is 0.457. The van der Waals surface area contributed by atoms with Crippen LogP contribution in [-0.2, 0) is 19.1 Å². The average Bonchev–Trinajstić information content (AvgIpc) is 2.47. The molecule has 0 aliphatic carbocycles. The molecule has 0 saturated carbocycles. The summed E-state index contributed by atoms with van der Waals surface area (Å²) in [6.07, 6.45) is 5.57. The highest BCUT2D eigenvalue weighted by Crippen LogP contribution is 2.37. The van der Waals surface area contributed by atoms with Crippen molar-refractivity contribution in [2.24, 2.45) is 17.3 Å². The van der Waals surface area contributed by atoms with Gasteiger partial charge in [0, 0.05) is 0 Å². The van der Waals surface area contributed by atoms with E-state index < -0.39 is 23.2 Å². The lowest BCUT2D eigenvalue weighted by atomic mass is 9.70. The molecule has 0 radical (unpaired) electrons. The van der Waals surface area contributed by atoms with Crippen molar-refractivity contribution in [3.05, 3.63) is 25.3 Å². The highest BCUT2D eigenvalue weighted by atomic mass is 16.5. The summed E-state index contributed by atoms with van der Waals surface area (Å²) < 4.78 is 10.1. The summed E-state index contributed by atoms with van der Waals surface area (Å²) in [5.41, 5.74) is -0.557. The Morgan fingerprint density at radius 3 is 2.29 bits per heavy atom. The van der Waals surface area contributed by atoms with Crippen molar-refractivity contribution < 1.29 is 19.1 Å². The molecule has 120 valence electrons. The monoisotopic (exact) mass is 296 g/mol. The van der Waals surface area contributed by atoms with Crippen LogP contribution in [0.15, 0.2) is 25.3 Å². The lowest BCUT2D eigenvalue weighted by Crippen LogP contribution is -2.41. The van der Waals surface area contributed by atoms with E-state index in [0.717, 1.165) is 12.8 Å². The van der Waals surface area contributed by atoms with Gasteiger partial charge in [0.1, 0.15) is 6.61 Å². The van der Waals surface area contributed by atoms with E-state index >= 15 is 0 Å². The van der Waals surface area contributed by atoms with Crippen LogP contribution in [0.3, 0.4) is 0 Å². The van der Waals surface area contributed by atoms with E-state index in [1.54, 1.807) is 6.08 Å². The second kappa shape index (κ2) is 9.37. The maximum atomic E-state index is 12.3. The van der Waals surface area contributed by atoms with Crippen LogP contribution in [-0.4, -0.2) is 25.7 Å². The number of ether oxygens (including phenoxy) is 2. The van der Waals surface area contributed by atoms with Crippen molar-refractivity contribution in [3.63, 3.8) is 0 Å². The van der Waals surface area contributed by atoms with Gasteiger partial charge in [-0.2, -0.15) is 0 Å². The first-order valence-electron chi connectivity index (χ1n) is 7.34. The predicted molar refractivity (Wildman–Crippen MR) is 83.7 cm³/mol. The average molecular weight is 296 g/mol. The maximum Gasteiger partial charge on any atom is 0.310 e. The number of hydrogen-bond acceptors (Lipinski definition) is 4. The third-order valence-corrected chi connectivity index (χ3v) is 3.70. The van der Waals surface area contributed by atoms with Crippen LogP contribution in [0.5, 0.6) is 0 Å². The molecule has 0 aromatic carbocycles. The summed E-state index contributed by atoms with van der Waals surface area (Å²) in [4.78, 5) is 24.5. The van der Waals surface area contributed by atoms with Gasteiger partial charge in [-0.15, -0.1) is 6.58 Å². The minimum absolute atomic E-state index is 0.143. The zero-order chi connectivity index (χ0) is 16.5. The molecule has 21 heavy (non-hydrogen) atoms. The van der Waals surface area contributed by atoms with Gasteiger partial charge in [-0.1, -0.05) is 52.3 Å². The normalized spacial score (nSPS) is 13.9. The Morgan fingerprint density at radius 1 is 1.24 bits per heavy atom. The van der Waals surface area contributed by atoms with E-state index in [1.165, 1.54) is 13.2 Å². The molecular formula is C17H28O4. The molecule has 2 atom stereocenters. The molecule has 0 spiro atoms. The van der Waals surface area contributed by atoms with Gasteiger partial charge in [-0.3, -0.25) is 9.59 Å². The Kier molecular flexibility index (Phi) is 8.67. The summed E-state index contributed by atoms with van der Waals surface area (Å²) in [7, 11) is 1.33. The highest BCUT2D eigenvalue weighted by Gasteiger charge is 2.43. The zero-order valence-electron chi connectivity index (χ0n) is 13.7. The Labute approximate surface area is 128 Å². The Morgan fingerprint density at radius 2 is 1.86 bits per heavy atom. The summed E-state index contributed by atoms with van der Waals surface area (Å²) in [6.45, 7) is 13.2. The van der Waals surface area contributed by atoms with Gasteiger partial charge in [0.2, 0.25) is 0 Å². The summed E-state index contributed by atoms with van der Waals surface area (Å²) >= 11 is 0. The SMILES string of the molecule is C=CCOC(=O)[C@H](CCCC)[C@@H](C(=O)OC)C(C)(C)C=C. The van der Waals surface area contributed by atoms with Gasteiger partial charge in [0.25, 0.3) is 0 Å². The first-order chi connectivity index (χ1) is 9.85. The number of rotatable bonds is 10. The molecule has 0 N–H and O–H groups in total. The summed E-state index contributed by atoms with van der Waals surface area (Å²) in [6, 6.07) is 0. The van der Waals surface area contributed by atoms with Crippen LogP contribution >= 0.6 is 0 Å². The van der Waals surface area contributed by atoms with Crippen LogP contribution in [0.1, 0.15) is 40.0 Å². The standard InChI is InChI=1S/C17H28O4/c1-7-10-11-13(15(18)21-12-8-2)14(16(19)20-6)17(4,5)9-3/h8-9,13-14H,2-3,7,10-12H2,1,4-6H3/t13-,14+/m1/s1. The molecule has 0 aliphatic rings. The highest BCUT2D eigenvalue weighted by molar-refractivity contribution is 5.83. The van der Waals surface area contributed by atoms with Gasteiger partial charge < -0.3 is 9.47 Å². The van der Waals surface area contributed by atoms with Gasteiger partial charge in [0.15, 0.2) is 0 Å². The minimum Gasteiger partial charge on any atom is -0.469 e. The molecule has 0 unspecified atom stereocenters. The van der Waals surface area contributed by atoms with E-state index in [4.69, 9.17) is 9.47 Å². The van der Waals surface area contributed by atoms with Gasteiger partial charge in [-0.25, -0.2) is 0 Å². The second-order valence-corrected chi connectivity index (χ2v) is 5.69. The van der Waals surface area contributed by atoms with Crippen molar-refractivity contribution in [2.75, 3.05) is 13.7 Å². The Balaban J connectivity index is 5.44. The predicted octanol–water partition coefficient (Wildman–Crippen LogP) is 3.52. The molecule has 0 amide bonds. The van der Waals surface area contributed by atoms with Crippen LogP contribution in [0, 0.1) is 17.3 Å². The molecule has 0 aliphatic heterocycles. The lowest BCUT2D eigenvalue weighted by Gasteiger charge is -2.34. The van der Waals surface area contributed by atoms with E-state index in [1.807, 2.05) is 20.8 Å². The smallest absolute Gasteiger partial charge is 0.310 e. The van der Waals surface area contributed by atoms with E-state index in [0.29, 0.717) is 6.42 Å². The minimum atomic E-state index is -0.608. The molecule has 0 saturated heterocycles. The fourth-order valence-electron chi connectivity index (χ4n) is 2.33. The topological polar surface area (TPSA) is 52.6 Å². The molecular weight excluding hydrogens is 268 g/mol. The number of methoxy groups -OCH3 is 1. The van der Waals surface area contributed by atoms with Crippen molar-refractivity contribution in [3.8, 4) is 0 Å².